The fourth-order valence-corrected chi connectivity index (χ4v) is 3.33. The largest absolute Gasteiger partial charge is 0.496 e. The number of ether oxygens (including phenoxy) is 2. The number of carbonyl (C=O) groups is 1. The van der Waals surface area contributed by atoms with Crippen molar-refractivity contribution in [3.8, 4) is 5.75 Å². The Hall–Kier alpha value is -2.74. The quantitative estimate of drug-likeness (QED) is 0.629. The SMILES string of the molecule is CCCc1nn2c(=O)cc(COC(=O)c3ccccc3OC)nc2s1. The highest BCUT2D eigenvalue weighted by molar-refractivity contribution is 7.16. The van der Waals surface area contributed by atoms with E-state index in [0.29, 0.717) is 22.0 Å². The van der Waals surface area contributed by atoms with Gasteiger partial charge in [0.1, 0.15) is 22.9 Å². The van der Waals surface area contributed by atoms with Gasteiger partial charge in [0, 0.05) is 12.5 Å². The lowest BCUT2D eigenvalue weighted by atomic mass is 10.2. The third kappa shape index (κ3) is 3.69. The molecule has 2 aromatic heterocycles. The molecule has 3 aromatic rings. The van der Waals surface area contributed by atoms with Gasteiger partial charge in [-0.1, -0.05) is 30.4 Å². The fourth-order valence-electron chi connectivity index (χ4n) is 2.32. The van der Waals surface area contributed by atoms with E-state index in [1.54, 1.807) is 24.3 Å². The number of rotatable bonds is 6. The van der Waals surface area contributed by atoms with Gasteiger partial charge in [-0.15, -0.1) is 0 Å². The summed E-state index contributed by atoms with van der Waals surface area (Å²) in [5, 5.41) is 5.10. The van der Waals surface area contributed by atoms with E-state index in [4.69, 9.17) is 9.47 Å². The van der Waals surface area contributed by atoms with E-state index in [9.17, 15) is 9.59 Å². The molecule has 0 spiro atoms. The molecule has 0 fully saturated rings. The third-order valence-electron chi connectivity index (χ3n) is 3.48. The van der Waals surface area contributed by atoms with Crippen molar-refractivity contribution in [2.75, 3.05) is 7.11 Å². The number of benzene rings is 1. The second-order valence-electron chi connectivity index (χ2n) is 5.30. The Bertz CT molecular complexity index is 964. The van der Waals surface area contributed by atoms with Gasteiger partial charge in [0.15, 0.2) is 0 Å². The molecule has 3 rings (SSSR count). The van der Waals surface area contributed by atoms with Crippen molar-refractivity contribution in [1.82, 2.24) is 14.6 Å². The topological polar surface area (TPSA) is 82.8 Å². The minimum absolute atomic E-state index is 0.0936. The minimum Gasteiger partial charge on any atom is -0.496 e. The molecule has 1 aromatic carbocycles. The first-order valence-corrected chi connectivity index (χ1v) is 8.63. The lowest BCUT2D eigenvalue weighted by Crippen LogP contribution is -2.16. The summed E-state index contributed by atoms with van der Waals surface area (Å²) in [5.41, 5.74) is 0.428. The van der Waals surface area contributed by atoms with Crippen molar-refractivity contribution in [3.63, 3.8) is 0 Å². The molecular weight excluding hydrogens is 342 g/mol. The Balaban J connectivity index is 1.79. The number of hydrogen-bond acceptors (Lipinski definition) is 7. The highest BCUT2D eigenvalue weighted by Crippen LogP contribution is 2.19. The standard InChI is InChI=1S/C17H17N3O4S/c1-3-6-14-19-20-15(21)9-11(18-17(20)25-14)10-24-16(22)12-7-4-5-8-13(12)23-2/h4-5,7-9H,3,6,10H2,1-2H3. The lowest BCUT2D eigenvalue weighted by Gasteiger charge is -2.08. The number of aryl methyl sites for hydroxylation is 1. The van der Waals surface area contributed by atoms with Gasteiger partial charge < -0.3 is 9.47 Å². The second kappa shape index (κ2) is 7.43. The number of nitrogens with zero attached hydrogens (tertiary/aromatic N) is 3. The predicted octanol–water partition coefficient (Wildman–Crippen LogP) is 2.47. The summed E-state index contributed by atoms with van der Waals surface area (Å²) in [6.07, 6.45) is 1.74. The van der Waals surface area contributed by atoms with E-state index < -0.39 is 5.97 Å². The molecule has 0 atom stereocenters. The average molecular weight is 359 g/mol. The van der Waals surface area contributed by atoms with Crippen LogP contribution >= 0.6 is 11.3 Å². The van der Waals surface area contributed by atoms with Crippen LogP contribution in [0.3, 0.4) is 0 Å². The summed E-state index contributed by atoms with van der Waals surface area (Å²) in [5.74, 6) is -0.0990. The molecule has 130 valence electrons. The number of aromatic nitrogens is 3. The Kier molecular flexibility index (Phi) is 5.08. The number of esters is 1. The number of fused-ring (bicyclic) bond motifs is 1. The molecule has 0 radical (unpaired) electrons. The molecule has 0 aliphatic carbocycles. The summed E-state index contributed by atoms with van der Waals surface area (Å²) in [6, 6.07) is 8.12. The number of para-hydroxylation sites is 1. The van der Waals surface area contributed by atoms with E-state index in [1.165, 1.54) is 29.0 Å². The normalized spacial score (nSPS) is 10.8. The van der Waals surface area contributed by atoms with E-state index in [0.717, 1.165) is 17.8 Å². The molecule has 0 saturated carbocycles. The van der Waals surface area contributed by atoms with Gasteiger partial charge in [-0.25, -0.2) is 9.78 Å². The van der Waals surface area contributed by atoms with Gasteiger partial charge in [-0.05, 0) is 18.6 Å². The molecule has 8 heteroatoms. The summed E-state index contributed by atoms with van der Waals surface area (Å²) >= 11 is 1.37. The Labute approximate surface area is 147 Å². The summed E-state index contributed by atoms with van der Waals surface area (Å²) in [7, 11) is 1.49. The van der Waals surface area contributed by atoms with E-state index >= 15 is 0 Å². The molecule has 0 N–H and O–H groups in total. The van der Waals surface area contributed by atoms with Crippen LogP contribution in [0.2, 0.25) is 0 Å². The smallest absolute Gasteiger partial charge is 0.342 e. The van der Waals surface area contributed by atoms with Crippen LogP contribution in [0.1, 0.15) is 34.4 Å². The van der Waals surface area contributed by atoms with Crippen molar-refractivity contribution >= 4 is 22.3 Å². The average Bonchev–Trinajstić information content (AvgIpc) is 3.03. The summed E-state index contributed by atoms with van der Waals surface area (Å²) < 4.78 is 11.7. The number of hydrogen-bond donors (Lipinski definition) is 0. The zero-order chi connectivity index (χ0) is 17.8. The van der Waals surface area contributed by atoms with Crippen LogP contribution in [-0.2, 0) is 17.8 Å². The zero-order valence-corrected chi connectivity index (χ0v) is 14.7. The van der Waals surface area contributed by atoms with Gasteiger partial charge in [-0.3, -0.25) is 4.79 Å². The Morgan fingerprint density at radius 2 is 2.12 bits per heavy atom. The maximum atomic E-state index is 12.2. The maximum absolute atomic E-state index is 12.2. The van der Waals surface area contributed by atoms with Crippen molar-refractivity contribution < 1.29 is 14.3 Å². The molecule has 0 aliphatic heterocycles. The van der Waals surface area contributed by atoms with Gasteiger partial charge in [0.2, 0.25) is 4.96 Å². The first-order chi connectivity index (χ1) is 12.1. The molecule has 0 aliphatic rings. The molecule has 0 amide bonds. The van der Waals surface area contributed by atoms with Crippen LogP contribution in [0.4, 0.5) is 0 Å². The molecule has 0 bridgehead atoms. The lowest BCUT2D eigenvalue weighted by molar-refractivity contribution is 0.0464. The number of carbonyl (C=O) groups excluding carboxylic acids is 1. The van der Waals surface area contributed by atoms with E-state index in [1.807, 2.05) is 6.92 Å². The Morgan fingerprint density at radius 3 is 2.88 bits per heavy atom. The van der Waals surface area contributed by atoms with Crippen molar-refractivity contribution in [2.24, 2.45) is 0 Å². The van der Waals surface area contributed by atoms with Crippen LogP contribution in [0.5, 0.6) is 5.75 Å². The Morgan fingerprint density at radius 1 is 1.32 bits per heavy atom. The van der Waals surface area contributed by atoms with Crippen LogP contribution < -0.4 is 10.3 Å². The first kappa shape index (κ1) is 17.1. The van der Waals surface area contributed by atoms with Crippen LogP contribution in [-0.4, -0.2) is 27.7 Å². The summed E-state index contributed by atoms with van der Waals surface area (Å²) in [4.78, 5) is 29.2. The second-order valence-corrected chi connectivity index (χ2v) is 6.34. The van der Waals surface area contributed by atoms with Crippen molar-refractivity contribution in [2.45, 2.75) is 26.4 Å². The fraction of sp³-hybridized carbons (Fsp3) is 0.294. The molecule has 7 nitrogen and oxygen atoms in total. The monoisotopic (exact) mass is 359 g/mol. The van der Waals surface area contributed by atoms with Crippen LogP contribution in [0, 0.1) is 0 Å². The van der Waals surface area contributed by atoms with Crippen LogP contribution in [0.25, 0.3) is 4.96 Å². The number of methoxy groups -OCH3 is 1. The van der Waals surface area contributed by atoms with Gasteiger partial charge >= 0.3 is 5.97 Å². The van der Waals surface area contributed by atoms with Crippen molar-refractivity contribution in [1.29, 1.82) is 0 Å². The highest BCUT2D eigenvalue weighted by atomic mass is 32.1. The molecule has 2 heterocycles. The maximum Gasteiger partial charge on any atom is 0.342 e. The predicted molar refractivity (Wildman–Crippen MR) is 93.2 cm³/mol. The zero-order valence-electron chi connectivity index (χ0n) is 13.9. The summed E-state index contributed by atoms with van der Waals surface area (Å²) in [6.45, 7) is 1.95. The highest BCUT2D eigenvalue weighted by Gasteiger charge is 2.14. The van der Waals surface area contributed by atoms with Crippen molar-refractivity contribution in [3.05, 3.63) is 57.0 Å². The van der Waals surface area contributed by atoms with Gasteiger partial charge in [0.25, 0.3) is 5.56 Å². The van der Waals surface area contributed by atoms with Crippen LogP contribution in [0.15, 0.2) is 35.1 Å². The minimum atomic E-state index is -0.532. The molecule has 0 saturated heterocycles. The molecule has 0 unspecified atom stereocenters. The van der Waals surface area contributed by atoms with E-state index in [-0.39, 0.29) is 12.2 Å². The van der Waals surface area contributed by atoms with Gasteiger partial charge in [0.05, 0.1) is 12.8 Å². The van der Waals surface area contributed by atoms with E-state index in [2.05, 4.69) is 10.1 Å². The third-order valence-corrected chi connectivity index (χ3v) is 4.45. The van der Waals surface area contributed by atoms with Gasteiger partial charge in [-0.2, -0.15) is 9.61 Å². The first-order valence-electron chi connectivity index (χ1n) is 7.81. The molecule has 25 heavy (non-hydrogen) atoms. The molecular formula is C17H17N3O4S.